The second-order valence-corrected chi connectivity index (χ2v) is 1.04. The molecule has 0 heterocycles. The average Bonchev–Trinajstić information content (AvgIpc) is 1.65. The minimum absolute atomic E-state index is 0. The van der Waals surface area contributed by atoms with Crippen LogP contribution in [0.3, 0.4) is 0 Å². The minimum atomic E-state index is -0.0648. The normalized spacial score (nSPS) is 8.57. The van der Waals surface area contributed by atoms with Gasteiger partial charge in [-0.3, -0.25) is 0 Å². The molecular formula is C4H11LiO2. The fourth-order valence-corrected chi connectivity index (χ4v) is 0.0962. The fraction of sp³-hybridized carbons (Fsp3) is 1.00. The summed E-state index contributed by atoms with van der Waals surface area (Å²) in [5, 5.41) is 0. The summed E-state index contributed by atoms with van der Waals surface area (Å²) < 4.78 is 9.35. The molecule has 0 aliphatic rings. The van der Waals surface area contributed by atoms with Crippen molar-refractivity contribution in [1.29, 1.82) is 0 Å². The molecule has 0 unspecified atom stereocenters. The summed E-state index contributed by atoms with van der Waals surface area (Å²) in [7, 11) is 3.21. The Morgan fingerprint density at radius 3 is 1.43 bits per heavy atom. The Morgan fingerprint density at radius 2 is 1.43 bits per heavy atom. The van der Waals surface area contributed by atoms with E-state index in [0.717, 1.165) is 0 Å². The van der Waals surface area contributed by atoms with E-state index < -0.39 is 0 Å². The van der Waals surface area contributed by atoms with E-state index >= 15 is 0 Å². The third-order valence-corrected chi connectivity index (χ3v) is 0.664. The van der Waals surface area contributed by atoms with Gasteiger partial charge < -0.3 is 9.47 Å². The molecule has 2 nitrogen and oxygen atoms in total. The Bertz CT molecular complexity index is 28.9. The molecule has 0 aromatic heterocycles. The number of methoxy groups -OCH3 is 2. The summed E-state index contributed by atoms with van der Waals surface area (Å²) in [6.45, 7) is 1.83. The Kier molecular flexibility index (Phi) is 9.77. The Hall–Kier alpha value is 0.517. The second-order valence-electron chi connectivity index (χ2n) is 1.04. The average molecular weight is 98.1 g/mol. The van der Waals surface area contributed by atoms with Gasteiger partial charge in [-0.15, -0.1) is 0 Å². The number of hydrogen-bond donors (Lipinski definition) is 0. The molecule has 7 heavy (non-hydrogen) atoms. The van der Waals surface area contributed by atoms with Gasteiger partial charge in [0.15, 0.2) is 6.29 Å². The molecule has 0 aromatic carbocycles. The van der Waals surface area contributed by atoms with Crippen LogP contribution in [0.5, 0.6) is 0 Å². The van der Waals surface area contributed by atoms with Crippen LogP contribution < -0.4 is 0 Å². The van der Waals surface area contributed by atoms with Crippen molar-refractivity contribution in [3.63, 3.8) is 0 Å². The monoisotopic (exact) mass is 98.1 g/mol. The Labute approximate surface area is 56.4 Å². The van der Waals surface area contributed by atoms with Gasteiger partial charge >= 0.3 is 18.9 Å². The first-order valence-electron chi connectivity index (χ1n) is 1.87. The summed E-state index contributed by atoms with van der Waals surface area (Å²) >= 11 is 0. The van der Waals surface area contributed by atoms with Gasteiger partial charge in [0.1, 0.15) is 0 Å². The zero-order chi connectivity index (χ0) is 4.99. The standard InChI is InChI=1S/C4H10O2.Li.H/c1-4(5-2)6-3;;/h4H,1-3H3;;. The fourth-order valence-electron chi connectivity index (χ4n) is 0.0962. The van der Waals surface area contributed by atoms with Gasteiger partial charge in [-0.25, -0.2) is 0 Å². The van der Waals surface area contributed by atoms with E-state index in [1.165, 1.54) is 0 Å². The topological polar surface area (TPSA) is 18.5 Å². The second kappa shape index (κ2) is 6.52. The van der Waals surface area contributed by atoms with Crippen LogP contribution in [0, 0.1) is 0 Å². The molecule has 0 radical (unpaired) electrons. The van der Waals surface area contributed by atoms with Crippen LogP contribution in [0.15, 0.2) is 0 Å². The van der Waals surface area contributed by atoms with Crippen molar-refractivity contribution in [2.24, 2.45) is 0 Å². The van der Waals surface area contributed by atoms with Crippen LogP contribution in [0.25, 0.3) is 0 Å². The van der Waals surface area contributed by atoms with Crippen molar-refractivity contribution < 1.29 is 9.47 Å². The summed E-state index contributed by atoms with van der Waals surface area (Å²) in [6, 6.07) is 0. The maximum atomic E-state index is 4.68. The van der Waals surface area contributed by atoms with Gasteiger partial charge in [0.25, 0.3) is 0 Å². The number of rotatable bonds is 2. The van der Waals surface area contributed by atoms with Crippen molar-refractivity contribution >= 4 is 18.9 Å². The molecule has 40 valence electrons. The zero-order valence-electron chi connectivity index (χ0n) is 4.39. The van der Waals surface area contributed by atoms with Gasteiger partial charge in [0.05, 0.1) is 0 Å². The van der Waals surface area contributed by atoms with Crippen LogP contribution in [0.1, 0.15) is 6.92 Å². The van der Waals surface area contributed by atoms with Gasteiger partial charge in [-0.1, -0.05) is 0 Å². The Morgan fingerprint density at radius 1 is 1.14 bits per heavy atom. The quantitative estimate of drug-likeness (QED) is 0.357. The summed E-state index contributed by atoms with van der Waals surface area (Å²) in [5.74, 6) is 0. The van der Waals surface area contributed by atoms with E-state index in [1.54, 1.807) is 14.2 Å². The molecule has 0 atom stereocenters. The van der Waals surface area contributed by atoms with Gasteiger partial charge in [-0.2, -0.15) is 0 Å². The molecule has 0 rings (SSSR count). The van der Waals surface area contributed by atoms with Crippen molar-refractivity contribution in [1.82, 2.24) is 0 Å². The van der Waals surface area contributed by atoms with Gasteiger partial charge in [-0.05, 0) is 6.92 Å². The molecule has 0 aromatic rings. The summed E-state index contributed by atoms with van der Waals surface area (Å²) in [5.41, 5.74) is 0. The molecule has 0 N–H and O–H groups in total. The van der Waals surface area contributed by atoms with E-state index in [0.29, 0.717) is 0 Å². The van der Waals surface area contributed by atoms with E-state index in [9.17, 15) is 0 Å². The molecule has 0 saturated carbocycles. The SMILES string of the molecule is COC(C)OC.[LiH]. The molecule has 3 heteroatoms. The third kappa shape index (κ3) is 6.52. The molecule has 0 aliphatic heterocycles. The van der Waals surface area contributed by atoms with Crippen molar-refractivity contribution in [2.45, 2.75) is 13.2 Å². The van der Waals surface area contributed by atoms with Crippen LogP contribution in [0.2, 0.25) is 0 Å². The van der Waals surface area contributed by atoms with Crippen LogP contribution >= 0.6 is 0 Å². The van der Waals surface area contributed by atoms with E-state index in [4.69, 9.17) is 0 Å². The van der Waals surface area contributed by atoms with Crippen molar-refractivity contribution in [3.05, 3.63) is 0 Å². The Balaban J connectivity index is 0. The molecule has 0 saturated heterocycles. The van der Waals surface area contributed by atoms with Gasteiger partial charge in [0.2, 0.25) is 0 Å². The van der Waals surface area contributed by atoms with E-state index in [-0.39, 0.29) is 25.2 Å². The first kappa shape index (κ1) is 10.5. The molecule has 0 bridgehead atoms. The molecule has 0 amide bonds. The van der Waals surface area contributed by atoms with Gasteiger partial charge in [0, 0.05) is 14.2 Å². The first-order valence-corrected chi connectivity index (χ1v) is 1.87. The zero-order valence-corrected chi connectivity index (χ0v) is 4.39. The molecule has 0 spiro atoms. The van der Waals surface area contributed by atoms with Crippen molar-refractivity contribution in [2.75, 3.05) is 14.2 Å². The molecule has 0 fully saturated rings. The number of hydrogen-bond acceptors (Lipinski definition) is 2. The van der Waals surface area contributed by atoms with Crippen LogP contribution in [-0.4, -0.2) is 39.4 Å². The summed E-state index contributed by atoms with van der Waals surface area (Å²) in [4.78, 5) is 0. The van der Waals surface area contributed by atoms with E-state index in [2.05, 4.69) is 9.47 Å². The summed E-state index contributed by atoms with van der Waals surface area (Å²) in [6.07, 6.45) is -0.0648. The van der Waals surface area contributed by atoms with Crippen molar-refractivity contribution in [3.8, 4) is 0 Å². The first-order chi connectivity index (χ1) is 2.81. The molecular weight excluding hydrogens is 87.0 g/mol. The maximum absolute atomic E-state index is 4.68. The molecule has 0 aliphatic carbocycles. The predicted octanol–water partition coefficient (Wildman–Crippen LogP) is -0.0233. The third-order valence-electron chi connectivity index (χ3n) is 0.664. The van der Waals surface area contributed by atoms with Crippen LogP contribution in [-0.2, 0) is 9.47 Å². The number of ether oxygens (including phenoxy) is 2. The van der Waals surface area contributed by atoms with Crippen LogP contribution in [0.4, 0.5) is 0 Å². The van der Waals surface area contributed by atoms with E-state index in [1.807, 2.05) is 6.92 Å². The predicted molar refractivity (Wildman–Crippen MR) is 30.6 cm³/mol.